The standard InChI is InChI=1S/C26H26ClNO6S/c27-21-7-4-9-24(18-21)35(32,33)28-22-8-3-5-19(17-22)11-13-23(29)15-16-34-25-10-2-1-6-20(25)12-14-26(30)31/h1-11,13,17-18,23,28-29H,12,14-16H2,(H,30,31)/b13-11+. The number of aliphatic hydroxyl groups is 1. The van der Waals surface area contributed by atoms with E-state index in [2.05, 4.69) is 4.72 Å². The fraction of sp³-hybridized carbons (Fsp3) is 0.192. The van der Waals surface area contributed by atoms with Crippen LogP contribution >= 0.6 is 11.6 Å². The summed E-state index contributed by atoms with van der Waals surface area (Å²) in [6.45, 7) is 0.245. The van der Waals surface area contributed by atoms with Crippen molar-refractivity contribution in [3.63, 3.8) is 0 Å². The molecular formula is C26H26ClNO6S. The predicted molar refractivity (Wildman–Crippen MR) is 136 cm³/mol. The van der Waals surface area contributed by atoms with Gasteiger partial charge in [-0.2, -0.15) is 0 Å². The zero-order valence-electron chi connectivity index (χ0n) is 18.8. The average Bonchev–Trinajstić information content (AvgIpc) is 2.82. The average molecular weight is 516 g/mol. The van der Waals surface area contributed by atoms with Crippen LogP contribution in [0, 0.1) is 0 Å². The van der Waals surface area contributed by atoms with E-state index in [-0.39, 0.29) is 17.9 Å². The summed E-state index contributed by atoms with van der Waals surface area (Å²) in [6, 6.07) is 20.0. The van der Waals surface area contributed by atoms with Crippen LogP contribution in [0.4, 0.5) is 5.69 Å². The second-order valence-corrected chi connectivity index (χ2v) is 9.87. The number of aliphatic carboxylic acids is 1. The fourth-order valence-electron chi connectivity index (χ4n) is 3.25. The van der Waals surface area contributed by atoms with Crippen molar-refractivity contribution < 1.29 is 28.2 Å². The SMILES string of the molecule is O=C(O)CCc1ccccc1OCCC(O)/C=C/c1cccc(NS(=O)(=O)c2cccc(Cl)c2)c1. The minimum atomic E-state index is -3.79. The molecular weight excluding hydrogens is 490 g/mol. The molecule has 1 unspecified atom stereocenters. The second kappa shape index (κ2) is 12.4. The van der Waals surface area contributed by atoms with Crippen LogP contribution in [0.3, 0.4) is 0 Å². The third-order valence-electron chi connectivity index (χ3n) is 5.01. The fourth-order valence-corrected chi connectivity index (χ4v) is 4.60. The third-order valence-corrected chi connectivity index (χ3v) is 6.62. The number of carbonyl (C=O) groups is 1. The van der Waals surface area contributed by atoms with Gasteiger partial charge < -0.3 is 14.9 Å². The zero-order chi connectivity index (χ0) is 25.3. The lowest BCUT2D eigenvalue weighted by atomic mass is 10.1. The Kier molecular flexibility index (Phi) is 9.31. The molecule has 9 heteroatoms. The molecule has 184 valence electrons. The van der Waals surface area contributed by atoms with E-state index in [9.17, 15) is 18.3 Å². The van der Waals surface area contributed by atoms with Crippen molar-refractivity contribution in [2.24, 2.45) is 0 Å². The molecule has 3 rings (SSSR count). The van der Waals surface area contributed by atoms with E-state index in [0.717, 1.165) is 5.56 Å². The van der Waals surface area contributed by atoms with Gasteiger partial charge in [0.1, 0.15) is 5.75 Å². The highest BCUT2D eigenvalue weighted by atomic mass is 35.5. The van der Waals surface area contributed by atoms with Crippen LogP contribution in [-0.2, 0) is 21.2 Å². The van der Waals surface area contributed by atoms with Gasteiger partial charge in [-0.15, -0.1) is 0 Å². The van der Waals surface area contributed by atoms with Crippen molar-refractivity contribution in [2.45, 2.75) is 30.3 Å². The molecule has 0 radical (unpaired) electrons. The van der Waals surface area contributed by atoms with Crippen LogP contribution in [0.15, 0.2) is 83.8 Å². The summed E-state index contributed by atoms with van der Waals surface area (Å²) < 4.78 is 33.5. The molecule has 0 amide bonds. The Morgan fingerprint density at radius 3 is 2.60 bits per heavy atom. The molecule has 0 aliphatic rings. The molecule has 3 N–H and O–H groups in total. The van der Waals surface area contributed by atoms with Gasteiger partial charge >= 0.3 is 5.97 Å². The normalized spacial score (nSPS) is 12.4. The van der Waals surface area contributed by atoms with Crippen LogP contribution in [0.5, 0.6) is 5.75 Å². The van der Waals surface area contributed by atoms with Gasteiger partial charge in [-0.3, -0.25) is 9.52 Å². The number of sulfonamides is 1. The number of rotatable bonds is 12. The van der Waals surface area contributed by atoms with Gasteiger partial charge in [0, 0.05) is 23.6 Å². The lowest BCUT2D eigenvalue weighted by Gasteiger charge is -2.12. The summed E-state index contributed by atoms with van der Waals surface area (Å²) in [5, 5.41) is 19.5. The first-order chi connectivity index (χ1) is 16.7. The summed E-state index contributed by atoms with van der Waals surface area (Å²) in [4.78, 5) is 10.9. The number of nitrogens with one attached hydrogen (secondary N) is 1. The van der Waals surface area contributed by atoms with E-state index in [1.165, 1.54) is 12.1 Å². The van der Waals surface area contributed by atoms with E-state index in [4.69, 9.17) is 21.4 Å². The van der Waals surface area contributed by atoms with Crippen LogP contribution < -0.4 is 9.46 Å². The zero-order valence-corrected chi connectivity index (χ0v) is 20.4. The Balaban J connectivity index is 1.55. The molecule has 0 aliphatic heterocycles. The second-order valence-electron chi connectivity index (χ2n) is 7.75. The van der Waals surface area contributed by atoms with Gasteiger partial charge in [0.2, 0.25) is 0 Å². The maximum absolute atomic E-state index is 12.6. The van der Waals surface area contributed by atoms with Crippen molar-refractivity contribution in [3.8, 4) is 5.75 Å². The minimum Gasteiger partial charge on any atom is -0.493 e. The molecule has 0 saturated heterocycles. The van der Waals surface area contributed by atoms with Crippen molar-refractivity contribution >= 4 is 39.4 Å². The molecule has 0 saturated carbocycles. The van der Waals surface area contributed by atoms with Crippen molar-refractivity contribution in [1.29, 1.82) is 0 Å². The molecule has 35 heavy (non-hydrogen) atoms. The molecule has 0 spiro atoms. The minimum absolute atomic E-state index is 0.0139. The van der Waals surface area contributed by atoms with E-state index >= 15 is 0 Å². The first-order valence-electron chi connectivity index (χ1n) is 10.9. The quantitative estimate of drug-likeness (QED) is 0.313. The van der Waals surface area contributed by atoms with Crippen molar-refractivity contribution in [1.82, 2.24) is 0 Å². The maximum atomic E-state index is 12.6. The van der Waals surface area contributed by atoms with Gasteiger partial charge in [-0.1, -0.05) is 60.2 Å². The van der Waals surface area contributed by atoms with Crippen molar-refractivity contribution in [2.75, 3.05) is 11.3 Å². The topological polar surface area (TPSA) is 113 Å². The molecule has 3 aromatic rings. The Morgan fingerprint density at radius 2 is 1.83 bits per heavy atom. The molecule has 0 aliphatic carbocycles. The molecule has 0 fully saturated rings. The van der Waals surface area contributed by atoms with Gasteiger partial charge in [0.25, 0.3) is 10.0 Å². The highest BCUT2D eigenvalue weighted by Gasteiger charge is 2.14. The molecule has 7 nitrogen and oxygen atoms in total. The predicted octanol–water partition coefficient (Wildman–Crippen LogP) is 5.00. The monoisotopic (exact) mass is 515 g/mol. The number of hydrogen-bond donors (Lipinski definition) is 3. The first-order valence-corrected chi connectivity index (χ1v) is 12.8. The van der Waals surface area contributed by atoms with E-state index < -0.39 is 22.1 Å². The Labute approximate surface area is 209 Å². The summed E-state index contributed by atoms with van der Waals surface area (Å²) in [5.74, 6) is -0.272. The number of aliphatic hydroxyl groups excluding tert-OH is 1. The Morgan fingerprint density at radius 1 is 1.06 bits per heavy atom. The molecule has 0 heterocycles. The van der Waals surface area contributed by atoms with Gasteiger partial charge in [0.15, 0.2) is 0 Å². The Bertz CT molecular complexity index is 1290. The third kappa shape index (κ3) is 8.43. The maximum Gasteiger partial charge on any atom is 0.303 e. The summed E-state index contributed by atoms with van der Waals surface area (Å²) in [6.07, 6.45) is 3.22. The molecule has 1 atom stereocenters. The number of ether oxygens (including phenoxy) is 1. The number of halogens is 1. The van der Waals surface area contributed by atoms with Gasteiger partial charge in [0.05, 0.1) is 17.6 Å². The van der Waals surface area contributed by atoms with Crippen LogP contribution in [0.1, 0.15) is 24.0 Å². The lowest BCUT2D eigenvalue weighted by molar-refractivity contribution is -0.136. The number of para-hydroxylation sites is 1. The van der Waals surface area contributed by atoms with E-state index in [1.807, 2.05) is 18.2 Å². The van der Waals surface area contributed by atoms with Crippen molar-refractivity contribution in [3.05, 3.63) is 95.0 Å². The van der Waals surface area contributed by atoms with Crippen LogP contribution in [0.25, 0.3) is 6.08 Å². The smallest absolute Gasteiger partial charge is 0.303 e. The first kappa shape index (κ1) is 26.3. The number of hydrogen-bond acceptors (Lipinski definition) is 5. The summed E-state index contributed by atoms with van der Waals surface area (Å²) >= 11 is 5.90. The van der Waals surface area contributed by atoms with Gasteiger partial charge in [-0.05, 0) is 53.9 Å². The number of benzene rings is 3. The number of carboxylic acid groups (broad SMARTS) is 1. The number of anilines is 1. The molecule has 3 aromatic carbocycles. The number of carboxylic acids is 1. The summed E-state index contributed by atoms with van der Waals surface area (Å²) in [5.41, 5.74) is 1.88. The van der Waals surface area contributed by atoms with Crippen LogP contribution in [-0.4, -0.2) is 37.3 Å². The van der Waals surface area contributed by atoms with Crippen LogP contribution in [0.2, 0.25) is 5.02 Å². The summed E-state index contributed by atoms with van der Waals surface area (Å²) in [7, 11) is -3.79. The largest absolute Gasteiger partial charge is 0.493 e. The highest BCUT2D eigenvalue weighted by Crippen LogP contribution is 2.22. The highest BCUT2D eigenvalue weighted by molar-refractivity contribution is 7.92. The lowest BCUT2D eigenvalue weighted by Crippen LogP contribution is -2.12. The van der Waals surface area contributed by atoms with E-state index in [0.29, 0.717) is 34.9 Å². The van der Waals surface area contributed by atoms with Gasteiger partial charge in [-0.25, -0.2) is 8.42 Å². The number of aryl methyl sites for hydroxylation is 1. The molecule has 0 bridgehead atoms. The van der Waals surface area contributed by atoms with E-state index in [1.54, 1.807) is 54.6 Å². The molecule has 0 aromatic heterocycles. The Hall–Kier alpha value is -3.33.